The summed E-state index contributed by atoms with van der Waals surface area (Å²) in [7, 11) is 0. The minimum Gasteiger partial charge on any atom is -0.382 e. The van der Waals surface area contributed by atoms with E-state index in [1.807, 2.05) is 25.1 Å². The summed E-state index contributed by atoms with van der Waals surface area (Å²) in [5.41, 5.74) is 2.46. The van der Waals surface area contributed by atoms with Crippen LogP contribution in [0.1, 0.15) is 22.9 Å². The molecule has 0 aliphatic rings. The summed E-state index contributed by atoms with van der Waals surface area (Å²) in [4.78, 5) is 8.03. The van der Waals surface area contributed by atoms with E-state index in [9.17, 15) is 5.11 Å². The van der Waals surface area contributed by atoms with Crippen molar-refractivity contribution in [1.29, 1.82) is 0 Å². The molecule has 1 heterocycles. The first-order chi connectivity index (χ1) is 7.66. The number of aliphatic hydroxyl groups excluding tert-OH is 1. The van der Waals surface area contributed by atoms with Gasteiger partial charge in [-0.25, -0.2) is 0 Å². The average Bonchev–Trinajstić information content (AvgIpc) is 2.28. The Morgan fingerprint density at radius 3 is 2.69 bits per heavy atom. The van der Waals surface area contributed by atoms with Crippen LogP contribution in [0.3, 0.4) is 0 Å². The summed E-state index contributed by atoms with van der Waals surface area (Å²) in [5.74, 6) is 0. The van der Waals surface area contributed by atoms with Crippen molar-refractivity contribution in [3.05, 3.63) is 58.1 Å². The number of benzene rings is 1. The van der Waals surface area contributed by atoms with Gasteiger partial charge in [0, 0.05) is 16.9 Å². The lowest BCUT2D eigenvalue weighted by molar-refractivity contribution is 0.214. The molecule has 0 aliphatic carbocycles. The Hall–Kier alpha value is -1.26. The number of halogens is 1. The van der Waals surface area contributed by atoms with Crippen LogP contribution in [0.2, 0.25) is 0 Å². The van der Waals surface area contributed by atoms with Crippen LogP contribution in [0, 0.1) is 6.92 Å². The second kappa shape index (κ2) is 4.72. The Bertz CT molecular complexity index is 467. The van der Waals surface area contributed by atoms with Crippen LogP contribution >= 0.6 is 15.9 Å². The highest BCUT2D eigenvalue weighted by molar-refractivity contribution is 9.10. The number of nitrogens with zero attached hydrogens (tertiary/aromatic N) is 2. The highest BCUT2D eigenvalue weighted by Crippen LogP contribution is 2.24. The molecule has 0 bridgehead atoms. The Morgan fingerprint density at radius 2 is 2.06 bits per heavy atom. The molecule has 1 atom stereocenters. The largest absolute Gasteiger partial charge is 0.382 e. The van der Waals surface area contributed by atoms with Crippen LogP contribution < -0.4 is 0 Å². The molecule has 0 spiro atoms. The van der Waals surface area contributed by atoms with Crippen molar-refractivity contribution >= 4 is 15.9 Å². The van der Waals surface area contributed by atoms with Gasteiger partial charge in [-0.1, -0.05) is 22.0 Å². The molecule has 2 aromatic rings. The standard InChI is InChI=1S/C12H11BrN2O/c1-8-4-9(6-10(13)5-8)12(16)11-7-14-2-3-15-11/h2-7,12,16H,1H3. The summed E-state index contributed by atoms with van der Waals surface area (Å²) in [5, 5.41) is 10.1. The van der Waals surface area contributed by atoms with Crippen molar-refractivity contribution in [2.24, 2.45) is 0 Å². The maximum absolute atomic E-state index is 10.1. The molecule has 4 heteroatoms. The SMILES string of the molecule is Cc1cc(Br)cc(C(O)c2cnccn2)c1. The van der Waals surface area contributed by atoms with Crippen LogP contribution in [-0.4, -0.2) is 15.1 Å². The minimum atomic E-state index is -0.732. The third-order valence-electron chi connectivity index (χ3n) is 2.24. The number of aromatic nitrogens is 2. The van der Waals surface area contributed by atoms with Gasteiger partial charge in [-0.2, -0.15) is 0 Å². The number of rotatable bonds is 2. The van der Waals surface area contributed by atoms with Gasteiger partial charge in [0.2, 0.25) is 0 Å². The zero-order chi connectivity index (χ0) is 11.5. The molecule has 0 saturated heterocycles. The molecule has 1 aromatic heterocycles. The molecule has 2 rings (SSSR count). The van der Waals surface area contributed by atoms with Crippen molar-refractivity contribution in [3.63, 3.8) is 0 Å². The van der Waals surface area contributed by atoms with Crippen LogP contribution in [0.25, 0.3) is 0 Å². The predicted molar refractivity (Wildman–Crippen MR) is 65.0 cm³/mol. The van der Waals surface area contributed by atoms with Gasteiger partial charge in [0.1, 0.15) is 6.10 Å². The third-order valence-corrected chi connectivity index (χ3v) is 2.70. The maximum Gasteiger partial charge on any atom is 0.123 e. The Morgan fingerprint density at radius 1 is 1.25 bits per heavy atom. The summed E-state index contributed by atoms with van der Waals surface area (Å²) < 4.78 is 0.949. The number of aliphatic hydroxyl groups is 1. The van der Waals surface area contributed by atoms with E-state index < -0.39 is 6.10 Å². The fraction of sp³-hybridized carbons (Fsp3) is 0.167. The van der Waals surface area contributed by atoms with Crippen LogP contribution in [0.5, 0.6) is 0 Å². The second-order valence-electron chi connectivity index (χ2n) is 3.59. The summed E-state index contributed by atoms with van der Waals surface area (Å²) in [6, 6.07) is 5.81. The van der Waals surface area contributed by atoms with E-state index in [-0.39, 0.29) is 0 Å². The third kappa shape index (κ3) is 2.46. The zero-order valence-electron chi connectivity index (χ0n) is 8.76. The van der Waals surface area contributed by atoms with Gasteiger partial charge < -0.3 is 5.11 Å². The van der Waals surface area contributed by atoms with E-state index in [2.05, 4.69) is 25.9 Å². The first-order valence-electron chi connectivity index (χ1n) is 4.88. The molecule has 1 unspecified atom stereocenters. The lowest BCUT2D eigenvalue weighted by Crippen LogP contribution is -2.02. The maximum atomic E-state index is 10.1. The monoisotopic (exact) mass is 278 g/mol. The van der Waals surface area contributed by atoms with E-state index in [1.54, 1.807) is 18.6 Å². The lowest BCUT2D eigenvalue weighted by Gasteiger charge is -2.11. The van der Waals surface area contributed by atoms with Crippen molar-refractivity contribution < 1.29 is 5.11 Å². The first kappa shape index (κ1) is 11.2. The molecule has 1 aromatic carbocycles. The van der Waals surface area contributed by atoms with Gasteiger partial charge in [0.15, 0.2) is 0 Å². The molecule has 82 valence electrons. The van der Waals surface area contributed by atoms with Crippen LogP contribution in [0.15, 0.2) is 41.3 Å². The van der Waals surface area contributed by atoms with Gasteiger partial charge in [-0.3, -0.25) is 9.97 Å². The van der Waals surface area contributed by atoms with E-state index in [1.165, 1.54) is 0 Å². The fourth-order valence-corrected chi connectivity index (χ4v) is 2.17. The topological polar surface area (TPSA) is 46.0 Å². The molecular formula is C12H11BrN2O. The molecule has 0 saturated carbocycles. The number of hydrogen-bond acceptors (Lipinski definition) is 3. The average molecular weight is 279 g/mol. The highest BCUT2D eigenvalue weighted by Gasteiger charge is 2.12. The van der Waals surface area contributed by atoms with Crippen molar-refractivity contribution in [3.8, 4) is 0 Å². The fourth-order valence-electron chi connectivity index (χ4n) is 1.55. The van der Waals surface area contributed by atoms with Crippen LogP contribution in [-0.2, 0) is 0 Å². The van der Waals surface area contributed by atoms with E-state index >= 15 is 0 Å². The quantitative estimate of drug-likeness (QED) is 0.919. The van der Waals surface area contributed by atoms with Gasteiger partial charge in [0.05, 0.1) is 11.9 Å². The van der Waals surface area contributed by atoms with Gasteiger partial charge in [0.25, 0.3) is 0 Å². The Labute approximate surface area is 102 Å². The van der Waals surface area contributed by atoms with E-state index in [0.29, 0.717) is 5.69 Å². The normalized spacial score (nSPS) is 12.4. The molecule has 0 aliphatic heterocycles. The minimum absolute atomic E-state index is 0.556. The van der Waals surface area contributed by atoms with Crippen LogP contribution in [0.4, 0.5) is 0 Å². The van der Waals surface area contributed by atoms with Gasteiger partial charge in [-0.05, 0) is 30.2 Å². The highest BCUT2D eigenvalue weighted by atomic mass is 79.9. The second-order valence-corrected chi connectivity index (χ2v) is 4.51. The summed E-state index contributed by atoms with van der Waals surface area (Å²) in [6.07, 6.45) is 4.00. The first-order valence-corrected chi connectivity index (χ1v) is 5.67. The summed E-state index contributed by atoms with van der Waals surface area (Å²) >= 11 is 3.41. The molecule has 16 heavy (non-hydrogen) atoms. The van der Waals surface area contributed by atoms with Gasteiger partial charge in [-0.15, -0.1) is 0 Å². The zero-order valence-corrected chi connectivity index (χ0v) is 10.3. The van der Waals surface area contributed by atoms with Crippen molar-refractivity contribution in [1.82, 2.24) is 9.97 Å². The lowest BCUT2D eigenvalue weighted by atomic mass is 10.0. The smallest absolute Gasteiger partial charge is 0.123 e. The number of hydrogen-bond donors (Lipinski definition) is 1. The molecule has 0 radical (unpaired) electrons. The molecule has 3 nitrogen and oxygen atoms in total. The summed E-state index contributed by atoms with van der Waals surface area (Å²) in [6.45, 7) is 1.98. The molecule has 1 N–H and O–H groups in total. The Kier molecular flexibility index (Phi) is 3.31. The molecule has 0 fully saturated rings. The van der Waals surface area contributed by atoms with Gasteiger partial charge >= 0.3 is 0 Å². The Balaban J connectivity index is 2.37. The van der Waals surface area contributed by atoms with E-state index in [0.717, 1.165) is 15.6 Å². The van der Waals surface area contributed by atoms with E-state index in [4.69, 9.17) is 0 Å². The molecular weight excluding hydrogens is 268 g/mol. The number of aryl methyl sites for hydroxylation is 1. The predicted octanol–water partition coefficient (Wildman–Crippen LogP) is 2.63. The van der Waals surface area contributed by atoms with Crippen molar-refractivity contribution in [2.75, 3.05) is 0 Å². The molecule has 0 amide bonds. The van der Waals surface area contributed by atoms with Crippen molar-refractivity contribution in [2.45, 2.75) is 13.0 Å².